The molecule has 2 atom stereocenters. The van der Waals surface area contributed by atoms with Crippen LogP contribution in [0.15, 0.2) is 16.0 Å². The van der Waals surface area contributed by atoms with E-state index in [-0.39, 0.29) is 0 Å². The molecule has 1 saturated carbocycles. The predicted octanol–water partition coefficient (Wildman–Crippen LogP) is 3.82. The highest BCUT2D eigenvalue weighted by Crippen LogP contribution is 2.42. The van der Waals surface area contributed by atoms with Gasteiger partial charge in [-0.05, 0) is 43.6 Å². The van der Waals surface area contributed by atoms with Gasteiger partial charge in [-0.3, -0.25) is 0 Å². The Balaban J connectivity index is 1.94. The first-order valence-electron chi connectivity index (χ1n) is 7.46. The molecule has 5 nitrogen and oxygen atoms in total. The third-order valence-electron chi connectivity index (χ3n) is 4.14. The van der Waals surface area contributed by atoms with E-state index >= 15 is 0 Å². The molecule has 2 unspecified atom stereocenters. The van der Waals surface area contributed by atoms with Gasteiger partial charge >= 0.3 is 0 Å². The first-order chi connectivity index (χ1) is 10.1. The molecule has 2 aromatic heterocycles. The first kappa shape index (κ1) is 14.5. The molecule has 1 aliphatic carbocycles. The molecular formula is C15H21N3O2S. The van der Waals surface area contributed by atoms with Gasteiger partial charge in [-0.25, -0.2) is 0 Å². The summed E-state index contributed by atoms with van der Waals surface area (Å²) in [6.45, 7) is 4.92. The summed E-state index contributed by atoms with van der Waals surface area (Å²) in [5.41, 5.74) is 6.34. The molecule has 114 valence electrons. The van der Waals surface area contributed by atoms with E-state index in [4.69, 9.17) is 15.0 Å². The molecule has 0 spiro atoms. The van der Waals surface area contributed by atoms with Crippen LogP contribution in [0.2, 0.25) is 0 Å². The Morgan fingerprint density at radius 1 is 1.57 bits per heavy atom. The summed E-state index contributed by atoms with van der Waals surface area (Å²) in [5.74, 6) is 1.76. The zero-order chi connectivity index (χ0) is 14.9. The second-order valence-corrected chi connectivity index (χ2v) is 6.70. The highest BCUT2D eigenvalue weighted by Gasteiger charge is 2.41. The molecule has 1 aliphatic rings. The van der Waals surface area contributed by atoms with Crippen molar-refractivity contribution in [3.8, 4) is 11.5 Å². The van der Waals surface area contributed by atoms with Gasteiger partial charge in [0.05, 0.1) is 10.6 Å². The number of rotatable bonds is 4. The lowest BCUT2D eigenvalue weighted by atomic mass is 9.78. The third-order valence-corrected chi connectivity index (χ3v) is 4.88. The summed E-state index contributed by atoms with van der Waals surface area (Å²) in [4.78, 5) is 4.59. The molecule has 0 bridgehead atoms. The predicted molar refractivity (Wildman–Crippen MR) is 83.0 cm³/mol. The number of nitrogen functional groups attached to an aromatic ring is 1. The van der Waals surface area contributed by atoms with Gasteiger partial charge in [0.15, 0.2) is 0 Å². The van der Waals surface area contributed by atoms with Gasteiger partial charge in [0.1, 0.15) is 5.60 Å². The van der Waals surface area contributed by atoms with E-state index in [1.807, 2.05) is 18.4 Å². The number of anilines is 1. The van der Waals surface area contributed by atoms with Crippen LogP contribution in [0.4, 0.5) is 5.00 Å². The van der Waals surface area contributed by atoms with Crippen LogP contribution in [0.1, 0.15) is 45.4 Å². The average Bonchev–Trinajstić information content (AvgIpc) is 3.07. The normalized spacial score (nSPS) is 26.1. The van der Waals surface area contributed by atoms with E-state index in [0.29, 0.717) is 29.2 Å². The van der Waals surface area contributed by atoms with Gasteiger partial charge in [-0.15, -0.1) is 11.3 Å². The molecule has 1 fully saturated rings. The number of hydrogen-bond acceptors (Lipinski definition) is 6. The number of hydrogen-bond donors (Lipinski definition) is 1. The van der Waals surface area contributed by atoms with Gasteiger partial charge < -0.3 is 15.0 Å². The van der Waals surface area contributed by atoms with Crippen LogP contribution in [-0.4, -0.2) is 16.7 Å². The molecule has 2 heterocycles. The topological polar surface area (TPSA) is 74.2 Å². The van der Waals surface area contributed by atoms with Crippen molar-refractivity contribution in [1.29, 1.82) is 0 Å². The lowest BCUT2D eigenvalue weighted by molar-refractivity contribution is -0.0891. The quantitative estimate of drug-likeness (QED) is 0.929. The number of ether oxygens (including phenoxy) is 1. The Hall–Kier alpha value is -1.40. The lowest BCUT2D eigenvalue weighted by Gasteiger charge is -2.37. The number of thiophene rings is 1. The van der Waals surface area contributed by atoms with Gasteiger partial charge in [-0.2, -0.15) is 4.98 Å². The van der Waals surface area contributed by atoms with Crippen LogP contribution in [-0.2, 0) is 10.3 Å². The van der Waals surface area contributed by atoms with E-state index in [9.17, 15) is 0 Å². The molecule has 0 amide bonds. The van der Waals surface area contributed by atoms with Gasteiger partial charge in [0, 0.05) is 6.61 Å². The minimum Gasteiger partial charge on any atom is -0.390 e. The summed E-state index contributed by atoms with van der Waals surface area (Å²) in [6.07, 6.45) is 4.25. The summed E-state index contributed by atoms with van der Waals surface area (Å²) in [5, 5.41) is 6.83. The largest absolute Gasteiger partial charge is 0.390 e. The zero-order valence-electron chi connectivity index (χ0n) is 12.5. The van der Waals surface area contributed by atoms with Crippen molar-refractivity contribution >= 4 is 16.3 Å². The van der Waals surface area contributed by atoms with Crippen LogP contribution in [0, 0.1) is 5.92 Å². The maximum Gasteiger partial charge on any atom is 0.261 e. The van der Waals surface area contributed by atoms with Gasteiger partial charge in [0.25, 0.3) is 5.89 Å². The molecule has 0 radical (unpaired) electrons. The Morgan fingerprint density at radius 3 is 3.10 bits per heavy atom. The maximum atomic E-state index is 6.07. The molecule has 0 aromatic carbocycles. The number of nitrogens with two attached hydrogens (primary N) is 1. The van der Waals surface area contributed by atoms with Crippen LogP contribution in [0.5, 0.6) is 0 Å². The lowest BCUT2D eigenvalue weighted by Crippen LogP contribution is -2.36. The van der Waals surface area contributed by atoms with Crippen molar-refractivity contribution in [2.75, 3.05) is 12.3 Å². The van der Waals surface area contributed by atoms with Gasteiger partial charge in [-0.1, -0.05) is 18.5 Å². The van der Waals surface area contributed by atoms with Crippen molar-refractivity contribution in [1.82, 2.24) is 10.1 Å². The Morgan fingerprint density at radius 2 is 2.43 bits per heavy atom. The monoisotopic (exact) mass is 307 g/mol. The Labute approximate surface area is 128 Å². The van der Waals surface area contributed by atoms with Crippen molar-refractivity contribution in [3.63, 3.8) is 0 Å². The highest BCUT2D eigenvalue weighted by atomic mass is 32.1. The van der Waals surface area contributed by atoms with E-state index in [0.717, 1.165) is 24.8 Å². The Kier molecular flexibility index (Phi) is 3.99. The SMILES string of the molecule is CCOC1(c2noc(-c3ccsc3N)n2)CCCC(C)C1. The number of nitrogens with zero attached hydrogens (tertiary/aromatic N) is 2. The fraction of sp³-hybridized carbons (Fsp3) is 0.600. The van der Waals surface area contributed by atoms with Crippen LogP contribution >= 0.6 is 11.3 Å². The minimum atomic E-state index is -0.404. The molecular weight excluding hydrogens is 286 g/mol. The van der Waals surface area contributed by atoms with Crippen LogP contribution in [0.3, 0.4) is 0 Å². The maximum absolute atomic E-state index is 6.07. The van der Waals surface area contributed by atoms with Crippen molar-refractivity contribution in [2.24, 2.45) is 5.92 Å². The summed E-state index contributed by atoms with van der Waals surface area (Å²) in [6, 6.07) is 1.91. The highest BCUT2D eigenvalue weighted by molar-refractivity contribution is 7.14. The second-order valence-electron chi connectivity index (χ2n) is 5.75. The molecule has 6 heteroatoms. The van der Waals surface area contributed by atoms with E-state index in [2.05, 4.69) is 17.1 Å². The standard InChI is InChI=1S/C15H21N3O2S/c1-3-19-15(7-4-5-10(2)9-15)14-17-13(20-18-14)11-6-8-21-12(11)16/h6,8,10H,3-5,7,9,16H2,1-2H3. The van der Waals surface area contributed by atoms with Crippen molar-refractivity contribution in [3.05, 3.63) is 17.3 Å². The molecule has 2 aromatic rings. The molecule has 2 N–H and O–H groups in total. The second kappa shape index (κ2) is 5.77. The summed E-state index contributed by atoms with van der Waals surface area (Å²) < 4.78 is 11.5. The fourth-order valence-corrected chi connectivity index (χ4v) is 3.83. The van der Waals surface area contributed by atoms with E-state index < -0.39 is 5.60 Å². The summed E-state index contributed by atoms with van der Waals surface area (Å²) >= 11 is 1.47. The van der Waals surface area contributed by atoms with Crippen molar-refractivity contribution < 1.29 is 9.26 Å². The zero-order valence-corrected chi connectivity index (χ0v) is 13.3. The minimum absolute atomic E-state index is 0.404. The third kappa shape index (κ3) is 2.70. The van der Waals surface area contributed by atoms with E-state index in [1.165, 1.54) is 17.8 Å². The molecule has 0 saturated heterocycles. The smallest absolute Gasteiger partial charge is 0.261 e. The van der Waals surface area contributed by atoms with Crippen molar-refractivity contribution in [2.45, 2.75) is 45.1 Å². The molecule has 0 aliphatic heterocycles. The molecule has 21 heavy (non-hydrogen) atoms. The first-order valence-corrected chi connectivity index (χ1v) is 8.34. The fourth-order valence-electron chi connectivity index (χ4n) is 3.19. The Bertz CT molecular complexity index is 606. The molecule has 3 rings (SSSR count). The van der Waals surface area contributed by atoms with Crippen LogP contribution < -0.4 is 5.73 Å². The van der Waals surface area contributed by atoms with Crippen LogP contribution in [0.25, 0.3) is 11.5 Å². The van der Waals surface area contributed by atoms with E-state index in [1.54, 1.807) is 0 Å². The summed E-state index contributed by atoms with van der Waals surface area (Å²) in [7, 11) is 0. The average molecular weight is 307 g/mol. The number of aromatic nitrogens is 2. The van der Waals surface area contributed by atoms with Gasteiger partial charge in [0.2, 0.25) is 5.82 Å².